The molecule has 1 heterocycles. The zero-order valence-corrected chi connectivity index (χ0v) is 12.2. The summed E-state index contributed by atoms with van der Waals surface area (Å²) in [6.07, 6.45) is 5.62. The third-order valence-corrected chi connectivity index (χ3v) is 3.94. The Morgan fingerprint density at radius 3 is 2.78 bits per heavy atom. The smallest absolute Gasteiger partial charge is 0.101 e. The van der Waals surface area contributed by atoms with Crippen molar-refractivity contribution in [3.05, 3.63) is 0 Å². The predicted octanol–water partition coefficient (Wildman–Crippen LogP) is 1.42. The summed E-state index contributed by atoms with van der Waals surface area (Å²) in [4.78, 5) is 4.87. The zero-order chi connectivity index (χ0) is 13.6. The summed E-state index contributed by atoms with van der Waals surface area (Å²) >= 11 is 0. The zero-order valence-electron chi connectivity index (χ0n) is 12.2. The molecule has 18 heavy (non-hydrogen) atoms. The van der Waals surface area contributed by atoms with Gasteiger partial charge < -0.3 is 15.5 Å². The molecule has 0 amide bonds. The van der Waals surface area contributed by atoms with Crippen molar-refractivity contribution >= 4 is 0 Å². The van der Waals surface area contributed by atoms with Crippen LogP contribution in [0.1, 0.15) is 39.0 Å². The average molecular weight is 252 g/mol. The van der Waals surface area contributed by atoms with Gasteiger partial charge in [0.05, 0.1) is 6.07 Å². The highest BCUT2D eigenvalue weighted by molar-refractivity contribution is 5.00. The monoisotopic (exact) mass is 252 g/mol. The molecule has 104 valence electrons. The van der Waals surface area contributed by atoms with Crippen LogP contribution in [0.5, 0.6) is 0 Å². The maximum Gasteiger partial charge on any atom is 0.101 e. The van der Waals surface area contributed by atoms with Crippen LogP contribution in [0.2, 0.25) is 0 Å². The summed E-state index contributed by atoms with van der Waals surface area (Å²) < 4.78 is 0. The first-order valence-electron chi connectivity index (χ1n) is 7.03. The van der Waals surface area contributed by atoms with Crippen LogP contribution in [0, 0.1) is 11.3 Å². The van der Waals surface area contributed by atoms with Crippen molar-refractivity contribution in [2.45, 2.75) is 50.6 Å². The van der Waals surface area contributed by atoms with Crippen LogP contribution in [0.25, 0.3) is 0 Å². The third-order valence-electron chi connectivity index (χ3n) is 3.94. The topological polar surface area (TPSA) is 56.3 Å². The lowest BCUT2D eigenvalue weighted by molar-refractivity contribution is 0.217. The second-order valence-electron chi connectivity index (χ2n) is 6.03. The van der Waals surface area contributed by atoms with Crippen LogP contribution in [-0.2, 0) is 0 Å². The average Bonchev–Trinajstić information content (AvgIpc) is 2.71. The van der Waals surface area contributed by atoms with Gasteiger partial charge in [0, 0.05) is 12.6 Å². The molecule has 0 aliphatic carbocycles. The van der Waals surface area contributed by atoms with Gasteiger partial charge in [0.2, 0.25) is 0 Å². The second kappa shape index (κ2) is 7.08. The van der Waals surface area contributed by atoms with Gasteiger partial charge in [0.1, 0.15) is 5.54 Å². The van der Waals surface area contributed by atoms with Crippen molar-refractivity contribution < 1.29 is 0 Å². The van der Waals surface area contributed by atoms with Gasteiger partial charge in [-0.15, -0.1) is 0 Å². The van der Waals surface area contributed by atoms with Gasteiger partial charge in [-0.2, -0.15) is 5.26 Å². The molecular formula is C14H28N4. The van der Waals surface area contributed by atoms with Gasteiger partial charge in [-0.3, -0.25) is 0 Å². The molecular weight excluding hydrogens is 224 g/mol. The third kappa shape index (κ3) is 5.34. The van der Waals surface area contributed by atoms with Crippen LogP contribution >= 0.6 is 0 Å². The first-order chi connectivity index (χ1) is 8.44. The van der Waals surface area contributed by atoms with Crippen molar-refractivity contribution in [1.82, 2.24) is 9.80 Å². The van der Waals surface area contributed by atoms with Gasteiger partial charge in [-0.25, -0.2) is 0 Å². The summed E-state index contributed by atoms with van der Waals surface area (Å²) in [5, 5.41) is 8.83. The number of hydrogen-bond donors (Lipinski definition) is 1. The van der Waals surface area contributed by atoms with E-state index in [9.17, 15) is 0 Å². The lowest BCUT2D eigenvalue weighted by Crippen LogP contribution is -2.37. The van der Waals surface area contributed by atoms with Crippen molar-refractivity contribution in [2.24, 2.45) is 5.73 Å². The second-order valence-corrected chi connectivity index (χ2v) is 6.03. The predicted molar refractivity (Wildman–Crippen MR) is 75.2 cm³/mol. The standard InChI is InChI=1S/C14H28N4/c1-14(16,12-15)8-4-5-9-17(2)11-13-7-6-10-18(13)3/h13H,4-11,16H2,1-3H3. The summed E-state index contributed by atoms with van der Waals surface area (Å²) in [5.74, 6) is 0. The maximum absolute atomic E-state index is 8.83. The van der Waals surface area contributed by atoms with Crippen molar-refractivity contribution in [3.63, 3.8) is 0 Å². The summed E-state index contributed by atoms with van der Waals surface area (Å²) in [5.41, 5.74) is 5.15. The Kier molecular flexibility index (Phi) is 6.07. The highest BCUT2D eigenvalue weighted by Gasteiger charge is 2.22. The van der Waals surface area contributed by atoms with Crippen molar-refractivity contribution in [3.8, 4) is 6.07 Å². The minimum Gasteiger partial charge on any atom is -0.314 e. The van der Waals surface area contributed by atoms with E-state index in [1.54, 1.807) is 0 Å². The van der Waals surface area contributed by atoms with E-state index in [1.165, 1.54) is 19.4 Å². The molecule has 2 atom stereocenters. The quantitative estimate of drug-likeness (QED) is 0.696. The highest BCUT2D eigenvalue weighted by Crippen LogP contribution is 2.16. The minimum absolute atomic E-state index is 0.649. The van der Waals surface area contributed by atoms with Gasteiger partial charge in [-0.05, 0) is 66.2 Å². The Morgan fingerprint density at radius 1 is 1.50 bits per heavy atom. The Balaban J connectivity index is 2.10. The Bertz CT molecular complexity index is 282. The summed E-state index contributed by atoms with van der Waals surface area (Å²) in [7, 11) is 4.41. The molecule has 4 nitrogen and oxygen atoms in total. The fourth-order valence-electron chi connectivity index (χ4n) is 2.59. The Morgan fingerprint density at radius 2 is 2.22 bits per heavy atom. The molecule has 1 aliphatic rings. The minimum atomic E-state index is -0.649. The largest absolute Gasteiger partial charge is 0.314 e. The first kappa shape index (κ1) is 15.4. The maximum atomic E-state index is 8.83. The fourth-order valence-corrected chi connectivity index (χ4v) is 2.59. The van der Waals surface area contributed by atoms with E-state index < -0.39 is 5.54 Å². The lowest BCUT2D eigenvalue weighted by Gasteiger charge is -2.26. The van der Waals surface area contributed by atoms with Crippen LogP contribution in [0.15, 0.2) is 0 Å². The van der Waals surface area contributed by atoms with Gasteiger partial charge in [0.25, 0.3) is 0 Å². The number of rotatable bonds is 7. The molecule has 0 bridgehead atoms. The highest BCUT2D eigenvalue weighted by atomic mass is 15.2. The SMILES string of the molecule is CN(CCCCC(C)(N)C#N)CC1CCCN1C. The number of hydrogen-bond acceptors (Lipinski definition) is 4. The van der Waals surface area contributed by atoms with Crippen LogP contribution in [-0.4, -0.2) is 55.1 Å². The molecule has 4 heteroatoms. The van der Waals surface area contributed by atoms with Crippen LogP contribution in [0.4, 0.5) is 0 Å². The van der Waals surface area contributed by atoms with Gasteiger partial charge >= 0.3 is 0 Å². The van der Waals surface area contributed by atoms with E-state index in [4.69, 9.17) is 11.0 Å². The summed E-state index contributed by atoms with van der Waals surface area (Å²) in [6, 6.07) is 2.88. The van der Waals surface area contributed by atoms with Crippen molar-refractivity contribution in [1.29, 1.82) is 5.26 Å². The molecule has 0 saturated carbocycles. The van der Waals surface area contributed by atoms with Crippen molar-refractivity contribution in [2.75, 3.05) is 33.7 Å². The molecule has 1 rings (SSSR count). The number of likely N-dealkylation sites (N-methyl/N-ethyl adjacent to an activating group) is 2. The van der Waals surface area contributed by atoms with E-state index in [0.717, 1.165) is 38.4 Å². The Hall–Kier alpha value is -0.630. The molecule has 1 fully saturated rings. The van der Waals surface area contributed by atoms with Gasteiger partial charge in [-0.1, -0.05) is 0 Å². The molecule has 0 aromatic rings. The molecule has 1 aliphatic heterocycles. The lowest BCUT2D eigenvalue weighted by atomic mass is 9.98. The van der Waals surface area contributed by atoms with E-state index in [0.29, 0.717) is 0 Å². The van der Waals surface area contributed by atoms with E-state index in [-0.39, 0.29) is 0 Å². The Labute approximate surface area is 112 Å². The first-order valence-corrected chi connectivity index (χ1v) is 7.03. The molecule has 0 spiro atoms. The number of unbranched alkanes of at least 4 members (excludes halogenated alkanes) is 1. The molecule has 0 radical (unpaired) electrons. The molecule has 0 aromatic carbocycles. The van der Waals surface area contributed by atoms with E-state index in [2.05, 4.69) is 30.0 Å². The normalized spacial score (nSPS) is 24.1. The number of likely N-dealkylation sites (tertiary alicyclic amines) is 1. The molecule has 2 N–H and O–H groups in total. The van der Waals surface area contributed by atoms with E-state index in [1.807, 2.05) is 6.92 Å². The van der Waals surface area contributed by atoms with E-state index >= 15 is 0 Å². The molecule has 2 unspecified atom stereocenters. The fraction of sp³-hybridized carbons (Fsp3) is 0.929. The van der Waals surface area contributed by atoms with Gasteiger partial charge in [0.15, 0.2) is 0 Å². The van der Waals surface area contributed by atoms with Crippen LogP contribution in [0.3, 0.4) is 0 Å². The number of nitriles is 1. The number of nitrogens with two attached hydrogens (primary N) is 1. The number of nitrogens with zero attached hydrogens (tertiary/aromatic N) is 3. The molecule has 1 saturated heterocycles. The summed E-state index contributed by atoms with van der Waals surface area (Å²) in [6.45, 7) is 5.32. The van der Waals surface area contributed by atoms with Crippen LogP contribution < -0.4 is 5.73 Å². The molecule has 0 aromatic heterocycles.